The second kappa shape index (κ2) is 9.04. The normalized spacial score (nSPS) is 10.8. The number of pyridine rings is 1. The standard InChI is InChI=1S/C18H22Cl2N4O/c1-4-24(11-13-5-7-15(8-6-13)23(2)3)12-17(25)22-18-16(20)9-14(19)10-21-18/h5-10H,4,11-12H2,1-3H3,(H,21,22,25). The van der Waals surface area contributed by atoms with Gasteiger partial charge < -0.3 is 10.2 Å². The van der Waals surface area contributed by atoms with Gasteiger partial charge in [-0.15, -0.1) is 0 Å². The number of benzene rings is 1. The molecule has 0 aliphatic heterocycles. The Kier molecular flexibility index (Phi) is 7.05. The fourth-order valence-electron chi connectivity index (χ4n) is 2.32. The fourth-order valence-corrected chi connectivity index (χ4v) is 2.75. The lowest BCUT2D eigenvalue weighted by atomic mass is 10.2. The molecule has 0 saturated heterocycles. The molecule has 134 valence electrons. The largest absolute Gasteiger partial charge is 0.378 e. The van der Waals surface area contributed by atoms with Crippen LogP contribution < -0.4 is 10.2 Å². The molecule has 0 radical (unpaired) electrons. The van der Waals surface area contributed by atoms with Crippen LogP contribution in [-0.4, -0.2) is 43.0 Å². The Bertz CT molecular complexity index is 720. The predicted octanol–water partition coefficient (Wildman–Crippen LogP) is 3.92. The maximum Gasteiger partial charge on any atom is 0.239 e. The number of likely N-dealkylation sites (N-methyl/N-ethyl adjacent to an activating group) is 1. The van der Waals surface area contributed by atoms with Crippen molar-refractivity contribution in [2.75, 3.05) is 37.4 Å². The number of halogens is 2. The van der Waals surface area contributed by atoms with E-state index in [1.54, 1.807) is 6.07 Å². The summed E-state index contributed by atoms with van der Waals surface area (Å²) < 4.78 is 0. The number of nitrogens with one attached hydrogen (secondary N) is 1. The van der Waals surface area contributed by atoms with E-state index in [2.05, 4.69) is 39.5 Å². The van der Waals surface area contributed by atoms with Crippen LogP contribution in [0, 0.1) is 0 Å². The third kappa shape index (κ3) is 5.88. The van der Waals surface area contributed by atoms with E-state index in [4.69, 9.17) is 23.2 Å². The molecule has 0 bridgehead atoms. The van der Waals surface area contributed by atoms with Crippen molar-refractivity contribution < 1.29 is 4.79 Å². The van der Waals surface area contributed by atoms with Crippen LogP contribution in [0.4, 0.5) is 11.5 Å². The van der Waals surface area contributed by atoms with E-state index in [9.17, 15) is 4.79 Å². The first kappa shape index (κ1) is 19.5. The number of nitrogens with zero attached hydrogens (tertiary/aromatic N) is 3. The van der Waals surface area contributed by atoms with Gasteiger partial charge in [-0.05, 0) is 30.3 Å². The quantitative estimate of drug-likeness (QED) is 0.790. The van der Waals surface area contributed by atoms with E-state index in [-0.39, 0.29) is 12.5 Å². The van der Waals surface area contributed by atoms with Gasteiger partial charge in [0.2, 0.25) is 5.91 Å². The van der Waals surface area contributed by atoms with Gasteiger partial charge in [-0.2, -0.15) is 0 Å². The van der Waals surface area contributed by atoms with Gasteiger partial charge in [-0.1, -0.05) is 42.3 Å². The summed E-state index contributed by atoms with van der Waals surface area (Å²) in [6.07, 6.45) is 1.45. The molecule has 1 amide bonds. The lowest BCUT2D eigenvalue weighted by Gasteiger charge is -2.20. The smallest absolute Gasteiger partial charge is 0.239 e. The highest BCUT2D eigenvalue weighted by molar-refractivity contribution is 6.36. The van der Waals surface area contributed by atoms with E-state index in [0.29, 0.717) is 22.4 Å². The maximum absolute atomic E-state index is 12.3. The Morgan fingerprint density at radius 1 is 1.20 bits per heavy atom. The first-order valence-corrected chi connectivity index (χ1v) is 8.74. The number of aromatic nitrogens is 1. The van der Waals surface area contributed by atoms with Gasteiger partial charge in [0.05, 0.1) is 16.6 Å². The highest BCUT2D eigenvalue weighted by Crippen LogP contribution is 2.22. The molecule has 5 nitrogen and oxygen atoms in total. The van der Waals surface area contributed by atoms with Gasteiger partial charge >= 0.3 is 0 Å². The molecule has 0 aliphatic carbocycles. The maximum atomic E-state index is 12.3. The Labute approximate surface area is 158 Å². The number of carbonyl (C=O) groups is 1. The van der Waals surface area contributed by atoms with Gasteiger partial charge in [0, 0.05) is 32.5 Å². The molecule has 0 saturated carbocycles. The van der Waals surface area contributed by atoms with Crippen LogP contribution in [0.3, 0.4) is 0 Å². The zero-order valence-corrected chi connectivity index (χ0v) is 16.1. The SMILES string of the molecule is CCN(CC(=O)Nc1ncc(Cl)cc1Cl)Cc1ccc(N(C)C)cc1. The van der Waals surface area contributed by atoms with Crippen LogP contribution >= 0.6 is 23.2 Å². The summed E-state index contributed by atoms with van der Waals surface area (Å²) in [7, 11) is 4.02. The van der Waals surface area contributed by atoms with Crippen molar-refractivity contribution in [3.05, 3.63) is 52.1 Å². The molecule has 1 N–H and O–H groups in total. The summed E-state index contributed by atoms with van der Waals surface area (Å²) in [5.41, 5.74) is 2.30. The van der Waals surface area contributed by atoms with Crippen LogP contribution in [-0.2, 0) is 11.3 Å². The van der Waals surface area contributed by atoms with Gasteiger partial charge in [0.25, 0.3) is 0 Å². The molecule has 1 aromatic carbocycles. The molecular formula is C18H22Cl2N4O. The Morgan fingerprint density at radius 3 is 2.44 bits per heavy atom. The monoisotopic (exact) mass is 380 g/mol. The molecule has 0 unspecified atom stereocenters. The average molecular weight is 381 g/mol. The topological polar surface area (TPSA) is 48.5 Å². The summed E-state index contributed by atoms with van der Waals surface area (Å²) in [5.74, 6) is 0.158. The first-order chi connectivity index (χ1) is 11.9. The third-order valence-electron chi connectivity index (χ3n) is 3.74. The van der Waals surface area contributed by atoms with E-state index < -0.39 is 0 Å². The van der Waals surface area contributed by atoms with Crippen LogP contribution in [0.5, 0.6) is 0 Å². The lowest BCUT2D eigenvalue weighted by molar-refractivity contribution is -0.117. The van der Waals surface area contributed by atoms with Gasteiger partial charge in [0.15, 0.2) is 5.82 Å². The van der Waals surface area contributed by atoms with Gasteiger partial charge in [-0.3, -0.25) is 9.69 Å². The molecule has 1 aromatic heterocycles. The molecule has 2 rings (SSSR count). The van der Waals surface area contributed by atoms with Crippen LogP contribution in [0.15, 0.2) is 36.5 Å². The molecule has 0 fully saturated rings. The number of anilines is 2. The van der Waals surface area contributed by atoms with E-state index in [1.165, 1.54) is 6.20 Å². The third-order valence-corrected chi connectivity index (χ3v) is 4.23. The highest BCUT2D eigenvalue weighted by Gasteiger charge is 2.12. The lowest BCUT2D eigenvalue weighted by Crippen LogP contribution is -2.33. The molecular weight excluding hydrogens is 359 g/mol. The molecule has 0 spiro atoms. The molecule has 0 aliphatic rings. The minimum atomic E-state index is -0.163. The zero-order valence-electron chi connectivity index (χ0n) is 14.6. The Morgan fingerprint density at radius 2 is 1.88 bits per heavy atom. The fraction of sp³-hybridized carbons (Fsp3) is 0.333. The average Bonchev–Trinajstić information content (AvgIpc) is 2.57. The minimum absolute atomic E-state index is 0.163. The van der Waals surface area contributed by atoms with Crippen molar-refractivity contribution in [2.24, 2.45) is 0 Å². The van der Waals surface area contributed by atoms with Gasteiger partial charge in [-0.25, -0.2) is 4.98 Å². The van der Waals surface area contributed by atoms with Crippen LogP contribution in [0.1, 0.15) is 12.5 Å². The summed E-state index contributed by atoms with van der Waals surface area (Å²) >= 11 is 11.8. The minimum Gasteiger partial charge on any atom is -0.378 e. The Hall–Kier alpha value is -1.82. The second-order valence-electron chi connectivity index (χ2n) is 5.90. The summed E-state index contributed by atoms with van der Waals surface area (Å²) in [6.45, 7) is 3.73. The van der Waals surface area contributed by atoms with Gasteiger partial charge in [0.1, 0.15) is 0 Å². The van der Waals surface area contributed by atoms with E-state index >= 15 is 0 Å². The molecule has 2 aromatic rings. The molecule has 1 heterocycles. The van der Waals surface area contributed by atoms with Crippen LogP contribution in [0.25, 0.3) is 0 Å². The number of amides is 1. The number of rotatable bonds is 7. The van der Waals surface area contributed by atoms with E-state index in [1.807, 2.05) is 25.9 Å². The molecule has 25 heavy (non-hydrogen) atoms. The highest BCUT2D eigenvalue weighted by atomic mass is 35.5. The van der Waals surface area contributed by atoms with Crippen LogP contribution in [0.2, 0.25) is 10.0 Å². The van der Waals surface area contributed by atoms with E-state index in [0.717, 1.165) is 17.8 Å². The summed E-state index contributed by atoms with van der Waals surface area (Å²) in [5, 5.41) is 3.48. The predicted molar refractivity (Wildman–Crippen MR) is 105 cm³/mol. The van der Waals surface area contributed by atoms with Crippen molar-refractivity contribution in [3.63, 3.8) is 0 Å². The van der Waals surface area contributed by atoms with Crippen molar-refractivity contribution in [3.8, 4) is 0 Å². The molecule has 0 atom stereocenters. The van der Waals surface area contributed by atoms with Crippen molar-refractivity contribution in [2.45, 2.75) is 13.5 Å². The van der Waals surface area contributed by atoms with Crippen molar-refractivity contribution in [1.29, 1.82) is 0 Å². The number of hydrogen-bond donors (Lipinski definition) is 1. The first-order valence-electron chi connectivity index (χ1n) is 7.98. The zero-order chi connectivity index (χ0) is 18.4. The molecule has 7 heteroatoms. The number of hydrogen-bond acceptors (Lipinski definition) is 4. The summed E-state index contributed by atoms with van der Waals surface area (Å²) in [4.78, 5) is 20.4. The second-order valence-corrected chi connectivity index (χ2v) is 6.74. The Balaban J connectivity index is 1.95. The van der Waals surface area contributed by atoms with Crippen molar-refractivity contribution >= 4 is 40.6 Å². The van der Waals surface area contributed by atoms with Crippen molar-refractivity contribution in [1.82, 2.24) is 9.88 Å². The number of carbonyl (C=O) groups excluding carboxylic acids is 1. The summed E-state index contributed by atoms with van der Waals surface area (Å²) in [6, 6.07) is 9.85.